The topological polar surface area (TPSA) is 9.23 Å². The third-order valence-corrected chi connectivity index (χ3v) is 1.96. The zero-order chi connectivity index (χ0) is 5.33. The number of rotatable bonds is 0. The Bertz CT molecular complexity index is 62.5. The van der Waals surface area contributed by atoms with Crippen LogP contribution in [0.5, 0.6) is 0 Å². The highest BCUT2D eigenvalue weighted by Crippen LogP contribution is 2.28. The van der Waals surface area contributed by atoms with Gasteiger partial charge in [0.15, 0.2) is 0 Å². The molecule has 0 saturated carbocycles. The lowest BCUT2D eigenvalue weighted by Gasteiger charge is -2.12. The van der Waals surface area contributed by atoms with Gasteiger partial charge in [0.05, 0.1) is 5.60 Å². The Labute approximate surface area is 48.4 Å². The van der Waals surface area contributed by atoms with Gasteiger partial charge in [-0.3, -0.25) is 0 Å². The molecule has 1 rings (SSSR count). The average molecular weight is 117 g/mol. The molecule has 0 aromatic heterocycles. The van der Waals surface area contributed by atoms with Crippen LogP contribution >= 0.6 is 11.8 Å². The van der Waals surface area contributed by atoms with Gasteiger partial charge in [-0.25, -0.2) is 0 Å². The summed E-state index contributed by atoms with van der Waals surface area (Å²) in [6, 6.07) is 0. The molecule has 41 valence electrons. The van der Waals surface area contributed by atoms with E-state index in [0.29, 0.717) is 0 Å². The Morgan fingerprint density at radius 1 is 1.71 bits per heavy atom. The highest BCUT2D eigenvalue weighted by atomic mass is 32.2. The lowest BCUT2D eigenvalue weighted by molar-refractivity contribution is 0.0808. The molecule has 1 aliphatic rings. The monoisotopic (exact) mass is 117 g/mol. The van der Waals surface area contributed by atoms with Gasteiger partial charge in [-0.05, 0) is 13.8 Å². The molecule has 0 aromatic rings. The van der Waals surface area contributed by atoms with Crippen molar-refractivity contribution in [1.82, 2.24) is 0 Å². The van der Waals surface area contributed by atoms with E-state index in [4.69, 9.17) is 4.74 Å². The summed E-state index contributed by atoms with van der Waals surface area (Å²) in [5, 5.41) is 0. The summed E-state index contributed by atoms with van der Waals surface area (Å²) >= 11 is 1.73. The van der Waals surface area contributed by atoms with Crippen LogP contribution in [0.2, 0.25) is 0 Å². The van der Waals surface area contributed by atoms with E-state index >= 15 is 0 Å². The van der Waals surface area contributed by atoms with E-state index in [-0.39, 0.29) is 5.60 Å². The van der Waals surface area contributed by atoms with Gasteiger partial charge in [-0.15, -0.1) is 11.8 Å². The van der Waals surface area contributed by atoms with Crippen LogP contribution in [-0.4, -0.2) is 11.4 Å². The first-order valence-corrected chi connectivity index (χ1v) is 3.37. The lowest BCUT2D eigenvalue weighted by Crippen LogP contribution is -2.19. The normalized spacial score (nSPS) is 28.3. The van der Waals surface area contributed by atoms with Gasteiger partial charge < -0.3 is 4.74 Å². The van der Waals surface area contributed by atoms with Crippen LogP contribution in [0.25, 0.3) is 0 Å². The van der Waals surface area contributed by atoms with Crippen LogP contribution < -0.4 is 0 Å². The van der Waals surface area contributed by atoms with Crippen molar-refractivity contribution in [3.05, 3.63) is 5.94 Å². The summed E-state index contributed by atoms with van der Waals surface area (Å²) in [5.74, 6) is 2.90. The van der Waals surface area contributed by atoms with Gasteiger partial charge >= 0.3 is 0 Å². The number of ether oxygens (including phenoxy) is 1. The van der Waals surface area contributed by atoms with E-state index in [2.05, 4.69) is 13.8 Å². The summed E-state index contributed by atoms with van der Waals surface area (Å²) in [6.45, 7) is 4.17. The molecule has 1 nitrogen and oxygen atoms in total. The van der Waals surface area contributed by atoms with E-state index < -0.39 is 0 Å². The van der Waals surface area contributed by atoms with Gasteiger partial charge in [0.25, 0.3) is 0 Å². The molecule has 0 amide bonds. The molecule has 1 saturated heterocycles. The molecule has 0 atom stereocenters. The average Bonchev–Trinajstić information content (AvgIpc) is 1.84. The third-order valence-electron chi connectivity index (χ3n) is 0.866. The van der Waals surface area contributed by atoms with Crippen molar-refractivity contribution in [1.29, 1.82) is 0 Å². The Morgan fingerprint density at radius 3 is 2.57 bits per heavy atom. The first-order chi connectivity index (χ1) is 3.21. The highest BCUT2D eigenvalue weighted by molar-refractivity contribution is 8.01. The fourth-order valence-corrected chi connectivity index (χ4v) is 1.30. The Balaban J connectivity index is 2.40. The first-order valence-electron chi connectivity index (χ1n) is 2.32. The maximum atomic E-state index is 5.18. The molecule has 2 heteroatoms. The van der Waals surface area contributed by atoms with Crippen LogP contribution in [0.3, 0.4) is 0 Å². The fourth-order valence-electron chi connectivity index (χ4n) is 0.433. The van der Waals surface area contributed by atoms with Crippen molar-refractivity contribution in [2.75, 3.05) is 5.75 Å². The van der Waals surface area contributed by atoms with Crippen LogP contribution in [-0.2, 0) is 4.74 Å². The molecule has 0 spiro atoms. The van der Waals surface area contributed by atoms with E-state index in [1.807, 2.05) is 0 Å². The molecule has 1 radical (unpaired) electrons. The number of thioether (sulfide) groups is 1. The van der Waals surface area contributed by atoms with Crippen molar-refractivity contribution in [3.8, 4) is 0 Å². The molecule has 0 aromatic carbocycles. The first kappa shape index (κ1) is 5.45. The van der Waals surface area contributed by atoms with Crippen molar-refractivity contribution in [2.45, 2.75) is 19.4 Å². The van der Waals surface area contributed by atoms with Gasteiger partial charge in [-0.2, -0.15) is 0 Å². The van der Waals surface area contributed by atoms with E-state index in [9.17, 15) is 0 Å². The van der Waals surface area contributed by atoms with Gasteiger partial charge in [-0.1, -0.05) is 0 Å². The molecule has 0 bridgehead atoms. The largest absolute Gasteiger partial charge is 0.357 e. The molecular formula is C5H9OS. The van der Waals surface area contributed by atoms with Crippen molar-refractivity contribution < 1.29 is 4.74 Å². The van der Waals surface area contributed by atoms with E-state index in [1.54, 1.807) is 17.7 Å². The molecule has 0 N–H and O–H groups in total. The maximum Gasteiger partial charge on any atom is 0.139 e. The minimum absolute atomic E-state index is 0.102. The van der Waals surface area contributed by atoms with Gasteiger partial charge in [0, 0.05) is 5.75 Å². The van der Waals surface area contributed by atoms with Crippen molar-refractivity contribution >= 4 is 11.8 Å². The molecular weight excluding hydrogens is 108 g/mol. The Hall–Kier alpha value is 0.310. The quantitative estimate of drug-likeness (QED) is 0.477. The second-order valence-corrected chi connectivity index (χ2v) is 3.10. The molecule has 1 heterocycles. The third kappa shape index (κ3) is 1.35. The summed E-state index contributed by atoms with van der Waals surface area (Å²) < 4.78 is 5.18. The number of hydrogen-bond donors (Lipinski definition) is 0. The second-order valence-electron chi connectivity index (χ2n) is 2.28. The van der Waals surface area contributed by atoms with E-state index in [1.165, 1.54) is 0 Å². The van der Waals surface area contributed by atoms with Gasteiger partial charge in [0.1, 0.15) is 5.94 Å². The van der Waals surface area contributed by atoms with Crippen LogP contribution in [0, 0.1) is 5.94 Å². The standard InChI is InChI=1S/C5H9OS/c1-5(2)3-7-4-6-5/h4H,3H2,1-2H3. The summed E-state index contributed by atoms with van der Waals surface area (Å²) in [7, 11) is 0. The SMILES string of the molecule is CC1(C)CS[CH]O1. The van der Waals surface area contributed by atoms with Crippen molar-refractivity contribution in [3.63, 3.8) is 0 Å². The minimum atomic E-state index is 0.102. The summed E-state index contributed by atoms with van der Waals surface area (Å²) in [6.07, 6.45) is 0. The fraction of sp³-hybridized carbons (Fsp3) is 0.800. The summed E-state index contributed by atoms with van der Waals surface area (Å²) in [5.41, 5.74) is 0.102. The molecule has 0 aliphatic carbocycles. The Kier molecular flexibility index (Phi) is 1.30. The predicted octanol–water partition coefficient (Wildman–Crippen LogP) is 1.65. The summed E-state index contributed by atoms with van der Waals surface area (Å²) in [4.78, 5) is 0. The number of hydrogen-bond acceptors (Lipinski definition) is 2. The maximum absolute atomic E-state index is 5.18. The van der Waals surface area contributed by atoms with E-state index in [0.717, 1.165) is 5.75 Å². The zero-order valence-corrected chi connectivity index (χ0v) is 5.42. The Morgan fingerprint density at radius 2 is 2.43 bits per heavy atom. The molecule has 7 heavy (non-hydrogen) atoms. The van der Waals surface area contributed by atoms with Crippen LogP contribution in [0.4, 0.5) is 0 Å². The molecule has 1 aliphatic heterocycles. The van der Waals surface area contributed by atoms with Gasteiger partial charge in [0.2, 0.25) is 0 Å². The van der Waals surface area contributed by atoms with Crippen LogP contribution in [0.15, 0.2) is 0 Å². The lowest BCUT2D eigenvalue weighted by atomic mass is 10.2. The highest BCUT2D eigenvalue weighted by Gasteiger charge is 2.24. The smallest absolute Gasteiger partial charge is 0.139 e. The zero-order valence-electron chi connectivity index (χ0n) is 4.60. The molecule has 0 unspecified atom stereocenters. The minimum Gasteiger partial charge on any atom is -0.357 e. The second kappa shape index (κ2) is 1.67. The molecule has 1 fully saturated rings. The van der Waals surface area contributed by atoms with Crippen LogP contribution in [0.1, 0.15) is 13.8 Å². The van der Waals surface area contributed by atoms with Crippen molar-refractivity contribution in [2.24, 2.45) is 0 Å². The predicted molar refractivity (Wildman–Crippen MR) is 31.9 cm³/mol.